The first-order valence-corrected chi connectivity index (χ1v) is 4.57. The second-order valence-electron chi connectivity index (χ2n) is 2.96. The van der Waals surface area contributed by atoms with Crippen molar-refractivity contribution >= 4 is 6.47 Å². The van der Waals surface area contributed by atoms with E-state index in [9.17, 15) is 0 Å². The first-order valence-electron chi connectivity index (χ1n) is 4.57. The number of para-hydroxylation sites is 1. The fraction of sp³-hybridized carbons (Fsp3) is 0.0833. The van der Waals surface area contributed by atoms with Gasteiger partial charge in [0.1, 0.15) is 0 Å². The number of carbonyl (C=O) groups is 1. The maximum Gasteiger partial charge on any atom is 0.290 e. The van der Waals surface area contributed by atoms with Crippen molar-refractivity contribution in [3.05, 3.63) is 54.4 Å². The Hall–Kier alpha value is -2.03. The predicted molar refractivity (Wildman–Crippen MR) is 59.2 cm³/mol. The predicted octanol–water partition coefficient (Wildman–Crippen LogP) is 2.49. The van der Waals surface area contributed by atoms with Gasteiger partial charge in [-0.3, -0.25) is 4.79 Å². The maximum atomic E-state index is 8.36. The first kappa shape index (κ1) is 11.0. The van der Waals surface area contributed by atoms with Crippen LogP contribution >= 0.6 is 0 Å². The van der Waals surface area contributed by atoms with Gasteiger partial charge in [0.15, 0.2) is 0 Å². The Morgan fingerprint density at radius 2 is 1.73 bits per heavy atom. The zero-order valence-electron chi connectivity index (χ0n) is 8.50. The van der Waals surface area contributed by atoms with Gasteiger partial charge in [0.05, 0.1) is 0 Å². The molecule has 3 nitrogen and oxygen atoms in total. The molecule has 0 atom stereocenters. The van der Waals surface area contributed by atoms with E-state index in [0.29, 0.717) is 0 Å². The maximum absolute atomic E-state index is 8.36. The van der Waals surface area contributed by atoms with E-state index in [-0.39, 0.29) is 6.47 Å². The Morgan fingerprint density at radius 1 is 1.13 bits per heavy atom. The first-order chi connectivity index (χ1) is 7.29. The van der Waals surface area contributed by atoms with Gasteiger partial charge in [-0.25, -0.2) is 0 Å². The van der Waals surface area contributed by atoms with Gasteiger partial charge in [0.2, 0.25) is 0 Å². The van der Waals surface area contributed by atoms with Crippen molar-refractivity contribution in [2.24, 2.45) is 0 Å². The molecule has 1 N–H and O–H groups in total. The van der Waals surface area contributed by atoms with E-state index in [1.165, 1.54) is 11.4 Å². The smallest absolute Gasteiger partial charge is 0.290 e. The van der Waals surface area contributed by atoms with Crippen molar-refractivity contribution in [3.8, 4) is 5.69 Å². The van der Waals surface area contributed by atoms with Gasteiger partial charge in [0.25, 0.3) is 6.47 Å². The van der Waals surface area contributed by atoms with Crippen molar-refractivity contribution in [2.75, 3.05) is 0 Å². The molecule has 0 fully saturated rings. The summed E-state index contributed by atoms with van der Waals surface area (Å²) in [5.41, 5.74) is 2.49. The van der Waals surface area contributed by atoms with Gasteiger partial charge in [-0.05, 0) is 31.2 Å². The fourth-order valence-electron chi connectivity index (χ4n) is 1.34. The number of nitrogens with zero attached hydrogens (tertiary/aromatic N) is 1. The molecule has 15 heavy (non-hydrogen) atoms. The summed E-state index contributed by atoms with van der Waals surface area (Å²) in [6.45, 7) is 1.85. The quantitative estimate of drug-likeness (QED) is 0.723. The van der Waals surface area contributed by atoms with Crippen molar-refractivity contribution in [2.45, 2.75) is 6.92 Å². The van der Waals surface area contributed by atoms with E-state index in [4.69, 9.17) is 9.90 Å². The van der Waals surface area contributed by atoms with Gasteiger partial charge < -0.3 is 9.67 Å². The van der Waals surface area contributed by atoms with Crippen LogP contribution in [0.1, 0.15) is 5.69 Å². The number of hydrogen-bond donors (Lipinski definition) is 1. The number of hydrogen-bond acceptors (Lipinski definition) is 1. The topological polar surface area (TPSA) is 42.2 Å². The lowest BCUT2D eigenvalue weighted by Crippen LogP contribution is -1.92. The van der Waals surface area contributed by atoms with Crippen LogP contribution in [0.2, 0.25) is 0 Å². The van der Waals surface area contributed by atoms with Crippen LogP contribution in [0.4, 0.5) is 0 Å². The van der Waals surface area contributed by atoms with E-state index < -0.39 is 0 Å². The Labute approximate surface area is 88.6 Å². The molecule has 1 heterocycles. The Bertz CT molecular complexity index is 407. The lowest BCUT2D eigenvalue weighted by atomic mass is 10.3. The zero-order chi connectivity index (χ0) is 11.1. The SMILES string of the molecule is Cc1cccn1-c1ccccc1.O=CO. The molecule has 78 valence electrons. The third-order valence-corrected chi connectivity index (χ3v) is 1.99. The molecule has 0 saturated carbocycles. The van der Waals surface area contributed by atoms with Crippen LogP contribution in [-0.4, -0.2) is 16.1 Å². The number of carboxylic acid groups (broad SMARTS) is 1. The minimum absolute atomic E-state index is 0.250. The number of aryl methyl sites for hydroxylation is 1. The van der Waals surface area contributed by atoms with Crippen LogP contribution in [0, 0.1) is 6.92 Å². The Kier molecular flexibility index (Phi) is 4.16. The van der Waals surface area contributed by atoms with Gasteiger partial charge >= 0.3 is 0 Å². The van der Waals surface area contributed by atoms with Gasteiger partial charge in [-0.1, -0.05) is 18.2 Å². The summed E-state index contributed by atoms with van der Waals surface area (Å²) in [6.07, 6.45) is 2.07. The largest absolute Gasteiger partial charge is 0.483 e. The lowest BCUT2D eigenvalue weighted by Gasteiger charge is -2.04. The van der Waals surface area contributed by atoms with Crippen molar-refractivity contribution in [3.63, 3.8) is 0 Å². The standard InChI is InChI=1S/C11H11N.CH2O2/c1-10-6-5-9-12(10)11-7-3-2-4-8-11;2-1-3/h2-9H,1H3;1H,(H,2,3). The molecule has 0 spiro atoms. The van der Waals surface area contributed by atoms with Crippen LogP contribution in [0.5, 0.6) is 0 Å². The van der Waals surface area contributed by atoms with E-state index in [2.05, 4.69) is 54.1 Å². The molecular weight excluding hydrogens is 190 g/mol. The minimum atomic E-state index is -0.250. The van der Waals surface area contributed by atoms with E-state index >= 15 is 0 Å². The van der Waals surface area contributed by atoms with Gasteiger partial charge in [0, 0.05) is 17.6 Å². The molecule has 0 amide bonds. The number of rotatable bonds is 1. The summed E-state index contributed by atoms with van der Waals surface area (Å²) >= 11 is 0. The molecule has 1 aromatic carbocycles. The number of benzene rings is 1. The minimum Gasteiger partial charge on any atom is -0.483 e. The molecule has 0 bridgehead atoms. The Morgan fingerprint density at radius 3 is 2.20 bits per heavy atom. The van der Waals surface area contributed by atoms with Gasteiger partial charge in [-0.15, -0.1) is 0 Å². The van der Waals surface area contributed by atoms with E-state index in [1.54, 1.807) is 0 Å². The normalized spacial score (nSPS) is 8.87. The molecule has 2 rings (SSSR count). The highest BCUT2D eigenvalue weighted by molar-refractivity contribution is 5.34. The summed E-state index contributed by atoms with van der Waals surface area (Å²) in [5, 5.41) is 6.89. The monoisotopic (exact) mass is 203 g/mol. The second-order valence-corrected chi connectivity index (χ2v) is 2.96. The Balaban J connectivity index is 0.000000337. The average Bonchev–Trinajstić information content (AvgIpc) is 2.67. The highest BCUT2D eigenvalue weighted by atomic mass is 16.3. The van der Waals surface area contributed by atoms with Gasteiger partial charge in [-0.2, -0.15) is 0 Å². The average molecular weight is 203 g/mol. The van der Waals surface area contributed by atoms with Crippen LogP contribution in [0.15, 0.2) is 48.7 Å². The summed E-state index contributed by atoms with van der Waals surface area (Å²) in [4.78, 5) is 8.36. The zero-order valence-corrected chi connectivity index (χ0v) is 8.50. The van der Waals surface area contributed by atoms with E-state index in [1.807, 2.05) is 6.07 Å². The third-order valence-electron chi connectivity index (χ3n) is 1.99. The molecule has 0 saturated heterocycles. The third kappa shape index (κ3) is 2.98. The molecule has 3 heteroatoms. The molecule has 0 aliphatic carbocycles. The molecule has 0 aliphatic rings. The van der Waals surface area contributed by atoms with E-state index in [0.717, 1.165) is 0 Å². The van der Waals surface area contributed by atoms with Crippen LogP contribution in [-0.2, 0) is 4.79 Å². The molecule has 0 radical (unpaired) electrons. The molecule has 1 aromatic heterocycles. The van der Waals surface area contributed by atoms with Crippen LogP contribution < -0.4 is 0 Å². The summed E-state index contributed by atoms with van der Waals surface area (Å²) in [5.74, 6) is 0. The molecule has 0 aliphatic heterocycles. The lowest BCUT2D eigenvalue weighted by molar-refractivity contribution is -0.122. The summed E-state index contributed by atoms with van der Waals surface area (Å²) < 4.78 is 2.17. The van der Waals surface area contributed by atoms with Crippen LogP contribution in [0.3, 0.4) is 0 Å². The second kappa shape index (κ2) is 5.65. The number of aromatic nitrogens is 1. The summed E-state index contributed by atoms with van der Waals surface area (Å²) in [7, 11) is 0. The fourth-order valence-corrected chi connectivity index (χ4v) is 1.34. The molecule has 2 aromatic rings. The summed E-state index contributed by atoms with van der Waals surface area (Å²) in [6, 6.07) is 14.5. The van der Waals surface area contributed by atoms with Crippen LogP contribution in [0.25, 0.3) is 5.69 Å². The molecular formula is C12H13NO2. The van der Waals surface area contributed by atoms with Crippen molar-refractivity contribution < 1.29 is 9.90 Å². The highest BCUT2D eigenvalue weighted by Gasteiger charge is 1.95. The highest BCUT2D eigenvalue weighted by Crippen LogP contribution is 2.10. The van der Waals surface area contributed by atoms with Crippen molar-refractivity contribution in [1.82, 2.24) is 4.57 Å². The molecule has 0 unspecified atom stereocenters. The van der Waals surface area contributed by atoms with Crippen molar-refractivity contribution in [1.29, 1.82) is 0 Å².